The van der Waals surface area contributed by atoms with Gasteiger partial charge in [0.25, 0.3) is 5.56 Å². The van der Waals surface area contributed by atoms with Crippen LogP contribution < -0.4 is 10.3 Å². The molecule has 0 aliphatic heterocycles. The maximum atomic E-state index is 12.9. The van der Waals surface area contributed by atoms with E-state index in [1.807, 2.05) is 30.3 Å². The van der Waals surface area contributed by atoms with Crippen LogP contribution in [0.4, 0.5) is 0 Å². The Morgan fingerprint density at radius 1 is 1.21 bits per heavy atom. The summed E-state index contributed by atoms with van der Waals surface area (Å²) in [5.41, 5.74) is 2.64. The largest absolute Gasteiger partial charge is 0.497 e. The summed E-state index contributed by atoms with van der Waals surface area (Å²) < 4.78 is 11.8. The van der Waals surface area contributed by atoms with Crippen molar-refractivity contribution < 1.29 is 9.26 Å². The van der Waals surface area contributed by atoms with Crippen LogP contribution in [0, 0.1) is 18.3 Å². The molecule has 7 nitrogen and oxygen atoms in total. The van der Waals surface area contributed by atoms with Crippen molar-refractivity contribution in [3.63, 3.8) is 0 Å². The molecule has 2 aromatic heterocycles. The molecule has 4 rings (SSSR count). The quantitative estimate of drug-likeness (QED) is 0.546. The van der Waals surface area contributed by atoms with Crippen molar-refractivity contribution in [1.29, 1.82) is 5.26 Å². The molecule has 28 heavy (non-hydrogen) atoms. The van der Waals surface area contributed by atoms with Crippen molar-refractivity contribution >= 4 is 10.9 Å². The molecule has 0 unspecified atom stereocenters. The molecule has 0 radical (unpaired) electrons. The van der Waals surface area contributed by atoms with E-state index in [0.717, 1.165) is 16.9 Å². The van der Waals surface area contributed by atoms with Crippen LogP contribution in [-0.2, 0) is 6.54 Å². The molecule has 7 heteroatoms. The molecule has 0 aliphatic carbocycles. The number of methoxy groups -OCH3 is 1. The lowest BCUT2D eigenvalue weighted by Crippen LogP contribution is -2.24. The summed E-state index contributed by atoms with van der Waals surface area (Å²) in [5.74, 6) is 1.26. The standard InChI is InChI=1S/C21H16N4O3/c1-13-18-19(16-6-8-17(27-2)9-7-16)23-25(21(26)20(18)24-28-13)12-15-5-3-4-14(10-15)11-22/h3-10H,12H2,1-2H3. The molecule has 0 amide bonds. The van der Waals surface area contributed by atoms with Crippen LogP contribution >= 0.6 is 0 Å². The van der Waals surface area contributed by atoms with Crippen LogP contribution in [0.2, 0.25) is 0 Å². The van der Waals surface area contributed by atoms with Gasteiger partial charge in [-0.15, -0.1) is 0 Å². The maximum Gasteiger partial charge on any atom is 0.297 e. The van der Waals surface area contributed by atoms with Crippen LogP contribution in [-0.4, -0.2) is 22.0 Å². The highest BCUT2D eigenvalue weighted by Crippen LogP contribution is 2.28. The van der Waals surface area contributed by atoms with E-state index in [2.05, 4.69) is 16.3 Å². The summed E-state index contributed by atoms with van der Waals surface area (Å²) in [6.07, 6.45) is 0. The molecule has 0 aliphatic rings. The molecule has 0 bridgehead atoms. The fourth-order valence-electron chi connectivity index (χ4n) is 3.11. The van der Waals surface area contributed by atoms with Crippen LogP contribution in [0.5, 0.6) is 5.75 Å². The lowest BCUT2D eigenvalue weighted by molar-refractivity contribution is 0.405. The van der Waals surface area contributed by atoms with Crippen molar-refractivity contribution in [1.82, 2.24) is 14.9 Å². The molecule has 0 spiro atoms. The Kier molecular flexibility index (Phi) is 4.38. The average Bonchev–Trinajstić information content (AvgIpc) is 3.12. The fraction of sp³-hybridized carbons (Fsp3) is 0.143. The molecule has 4 aromatic rings. The second-order valence-corrected chi connectivity index (χ2v) is 6.31. The summed E-state index contributed by atoms with van der Waals surface area (Å²) in [4.78, 5) is 12.9. The number of benzene rings is 2. The first-order chi connectivity index (χ1) is 13.6. The van der Waals surface area contributed by atoms with Crippen molar-refractivity contribution in [3.8, 4) is 23.1 Å². The van der Waals surface area contributed by atoms with Gasteiger partial charge in [0.05, 0.1) is 30.7 Å². The second kappa shape index (κ2) is 7.00. The molecular weight excluding hydrogens is 356 g/mol. The number of rotatable bonds is 4. The van der Waals surface area contributed by atoms with Gasteiger partial charge in [0.1, 0.15) is 17.2 Å². The Morgan fingerprint density at radius 2 is 2.00 bits per heavy atom. The predicted octanol–water partition coefficient (Wildman–Crippen LogP) is 3.29. The third kappa shape index (κ3) is 3.01. The summed E-state index contributed by atoms with van der Waals surface area (Å²) >= 11 is 0. The highest BCUT2D eigenvalue weighted by atomic mass is 16.5. The molecule has 2 heterocycles. The van der Waals surface area contributed by atoms with Crippen molar-refractivity contribution in [2.75, 3.05) is 7.11 Å². The SMILES string of the molecule is COc1ccc(-c2nn(Cc3cccc(C#N)c3)c(=O)c3noc(C)c23)cc1. The lowest BCUT2D eigenvalue weighted by atomic mass is 10.1. The number of fused-ring (bicyclic) bond motifs is 1. The zero-order chi connectivity index (χ0) is 19.7. The van der Waals surface area contributed by atoms with E-state index in [-0.39, 0.29) is 17.6 Å². The number of nitrogens with zero attached hydrogens (tertiary/aromatic N) is 4. The van der Waals surface area contributed by atoms with Gasteiger partial charge in [-0.1, -0.05) is 17.3 Å². The number of hydrogen-bond donors (Lipinski definition) is 0. The van der Waals surface area contributed by atoms with Crippen LogP contribution in [0.25, 0.3) is 22.2 Å². The van der Waals surface area contributed by atoms with Gasteiger partial charge in [0.15, 0.2) is 5.52 Å². The monoisotopic (exact) mass is 372 g/mol. The molecule has 0 saturated heterocycles. The molecule has 0 saturated carbocycles. The van der Waals surface area contributed by atoms with Gasteiger partial charge < -0.3 is 9.26 Å². The van der Waals surface area contributed by atoms with Gasteiger partial charge >= 0.3 is 0 Å². The normalized spacial score (nSPS) is 10.8. The van der Waals surface area contributed by atoms with Gasteiger partial charge in [-0.25, -0.2) is 4.68 Å². The molecule has 0 fully saturated rings. The topological polar surface area (TPSA) is 93.9 Å². The van der Waals surface area contributed by atoms with E-state index in [0.29, 0.717) is 22.4 Å². The summed E-state index contributed by atoms with van der Waals surface area (Å²) in [6, 6.07) is 16.6. The summed E-state index contributed by atoms with van der Waals surface area (Å²) in [5, 5.41) is 18.2. The first-order valence-corrected chi connectivity index (χ1v) is 8.61. The van der Waals surface area contributed by atoms with Crippen molar-refractivity contribution in [3.05, 3.63) is 75.8 Å². The molecule has 2 aromatic carbocycles. The van der Waals surface area contributed by atoms with E-state index in [1.54, 1.807) is 32.2 Å². The van der Waals surface area contributed by atoms with Crippen LogP contribution in [0.1, 0.15) is 16.9 Å². The molecule has 138 valence electrons. The van der Waals surface area contributed by atoms with E-state index in [4.69, 9.17) is 14.5 Å². The fourth-order valence-corrected chi connectivity index (χ4v) is 3.11. The highest BCUT2D eigenvalue weighted by Gasteiger charge is 2.19. The number of aromatic nitrogens is 3. The summed E-state index contributed by atoms with van der Waals surface area (Å²) in [7, 11) is 1.60. The minimum absolute atomic E-state index is 0.222. The Morgan fingerprint density at radius 3 is 2.71 bits per heavy atom. The minimum Gasteiger partial charge on any atom is -0.497 e. The van der Waals surface area contributed by atoms with Gasteiger partial charge in [-0.05, 0) is 48.9 Å². The Hall–Kier alpha value is -3.92. The van der Waals surface area contributed by atoms with E-state index < -0.39 is 0 Å². The molecule has 0 N–H and O–H groups in total. The Bertz CT molecular complexity index is 1260. The van der Waals surface area contributed by atoms with Gasteiger partial charge in [0, 0.05) is 5.56 Å². The maximum absolute atomic E-state index is 12.9. The highest BCUT2D eigenvalue weighted by molar-refractivity contribution is 5.93. The van der Waals surface area contributed by atoms with Gasteiger partial charge in [0.2, 0.25) is 0 Å². The average molecular weight is 372 g/mol. The number of nitriles is 1. The number of ether oxygens (including phenoxy) is 1. The Labute approximate surface area is 160 Å². The molecule has 0 atom stereocenters. The van der Waals surface area contributed by atoms with Crippen molar-refractivity contribution in [2.45, 2.75) is 13.5 Å². The second-order valence-electron chi connectivity index (χ2n) is 6.31. The van der Waals surface area contributed by atoms with Gasteiger partial charge in [-0.2, -0.15) is 10.4 Å². The van der Waals surface area contributed by atoms with Crippen molar-refractivity contribution in [2.24, 2.45) is 0 Å². The zero-order valence-electron chi connectivity index (χ0n) is 15.3. The Balaban J connectivity index is 1.89. The van der Waals surface area contributed by atoms with E-state index in [1.165, 1.54) is 4.68 Å². The molecular formula is C21H16N4O3. The number of aryl methyl sites for hydroxylation is 1. The zero-order valence-corrected chi connectivity index (χ0v) is 15.3. The third-order valence-electron chi connectivity index (χ3n) is 4.51. The first-order valence-electron chi connectivity index (χ1n) is 8.61. The van der Waals surface area contributed by atoms with Crippen LogP contribution in [0.3, 0.4) is 0 Å². The summed E-state index contributed by atoms with van der Waals surface area (Å²) in [6.45, 7) is 1.98. The first kappa shape index (κ1) is 17.5. The van der Waals surface area contributed by atoms with E-state index in [9.17, 15) is 4.79 Å². The lowest BCUT2D eigenvalue weighted by Gasteiger charge is -2.10. The number of hydrogen-bond acceptors (Lipinski definition) is 6. The van der Waals surface area contributed by atoms with Gasteiger partial charge in [-0.3, -0.25) is 4.79 Å². The van der Waals surface area contributed by atoms with E-state index >= 15 is 0 Å². The predicted molar refractivity (Wildman–Crippen MR) is 103 cm³/mol. The minimum atomic E-state index is -0.341. The third-order valence-corrected chi connectivity index (χ3v) is 4.51. The van der Waals surface area contributed by atoms with Crippen LogP contribution in [0.15, 0.2) is 57.8 Å². The smallest absolute Gasteiger partial charge is 0.297 e.